The second-order valence-corrected chi connectivity index (χ2v) is 7.23. The number of anilines is 1. The van der Waals surface area contributed by atoms with Crippen molar-refractivity contribution in [2.45, 2.75) is 26.2 Å². The predicted molar refractivity (Wildman–Crippen MR) is 94.7 cm³/mol. The number of amides is 2. The standard InChI is InChI=1S/C19H21N3O4/c1-12-4-5-14(9-15(12)16-20-7-8-26-16)21-18(25)22-10-13-3-2-6-19(13,11-22)17(23)24/h4-5,7-9,13H,2-3,6,10-11H2,1H3,(H,21,25)(H,23,24)/t13-,19+/m0/s1. The average molecular weight is 355 g/mol. The van der Waals surface area contributed by atoms with E-state index in [1.54, 1.807) is 11.1 Å². The van der Waals surface area contributed by atoms with Crippen LogP contribution in [0, 0.1) is 18.3 Å². The van der Waals surface area contributed by atoms with E-state index in [4.69, 9.17) is 4.42 Å². The van der Waals surface area contributed by atoms with Crippen LogP contribution in [0.25, 0.3) is 11.5 Å². The summed E-state index contributed by atoms with van der Waals surface area (Å²) in [6.45, 7) is 2.72. The third-order valence-corrected chi connectivity index (χ3v) is 5.74. The fourth-order valence-corrected chi connectivity index (χ4v) is 4.28. The van der Waals surface area contributed by atoms with Gasteiger partial charge in [-0.25, -0.2) is 9.78 Å². The van der Waals surface area contributed by atoms with E-state index in [-0.39, 0.29) is 18.5 Å². The number of rotatable bonds is 3. The molecule has 2 aliphatic rings. The average Bonchev–Trinajstić information content (AvgIpc) is 3.31. The number of urea groups is 1. The zero-order chi connectivity index (χ0) is 18.3. The number of carbonyl (C=O) groups excluding carboxylic acids is 1. The van der Waals surface area contributed by atoms with Crippen molar-refractivity contribution in [2.75, 3.05) is 18.4 Å². The normalized spacial score (nSPS) is 24.5. The SMILES string of the molecule is Cc1ccc(NC(=O)N2C[C@@H]3CCC[C@@]3(C(=O)O)C2)cc1-c1ncco1. The number of nitrogens with one attached hydrogen (secondary N) is 1. The molecule has 0 radical (unpaired) electrons. The molecule has 1 aromatic heterocycles. The summed E-state index contributed by atoms with van der Waals surface area (Å²) in [6, 6.07) is 5.28. The molecular formula is C19H21N3O4. The number of hydrogen-bond acceptors (Lipinski definition) is 4. The molecule has 1 aliphatic heterocycles. The lowest BCUT2D eigenvalue weighted by Gasteiger charge is -2.23. The maximum atomic E-state index is 12.7. The summed E-state index contributed by atoms with van der Waals surface area (Å²) in [5.74, 6) is -0.234. The molecule has 2 amide bonds. The first-order valence-corrected chi connectivity index (χ1v) is 8.79. The van der Waals surface area contributed by atoms with Crippen molar-refractivity contribution in [3.8, 4) is 11.5 Å². The first kappa shape index (κ1) is 16.6. The largest absolute Gasteiger partial charge is 0.481 e. The van der Waals surface area contributed by atoms with E-state index in [9.17, 15) is 14.7 Å². The maximum absolute atomic E-state index is 12.7. The Kier molecular flexibility index (Phi) is 3.94. The molecule has 1 aromatic carbocycles. The molecule has 1 saturated heterocycles. The van der Waals surface area contributed by atoms with Gasteiger partial charge < -0.3 is 19.7 Å². The molecule has 1 aliphatic carbocycles. The Morgan fingerprint density at radius 3 is 2.96 bits per heavy atom. The zero-order valence-corrected chi connectivity index (χ0v) is 14.6. The summed E-state index contributed by atoms with van der Waals surface area (Å²) in [5, 5.41) is 12.5. The number of aliphatic carboxylic acids is 1. The molecular weight excluding hydrogens is 334 g/mol. The Bertz CT molecular complexity index is 848. The monoisotopic (exact) mass is 355 g/mol. The number of carboxylic acid groups (broad SMARTS) is 1. The second kappa shape index (κ2) is 6.16. The Morgan fingerprint density at radius 2 is 2.27 bits per heavy atom. The molecule has 2 fully saturated rings. The Labute approximate surface area is 151 Å². The van der Waals surface area contributed by atoms with Gasteiger partial charge in [0.25, 0.3) is 0 Å². The van der Waals surface area contributed by atoms with Gasteiger partial charge in [-0.2, -0.15) is 0 Å². The molecule has 2 N–H and O–H groups in total. The van der Waals surface area contributed by atoms with Gasteiger partial charge in [0.1, 0.15) is 6.26 Å². The van der Waals surface area contributed by atoms with Gasteiger partial charge in [-0.05, 0) is 43.4 Å². The van der Waals surface area contributed by atoms with Gasteiger partial charge in [-0.15, -0.1) is 0 Å². The summed E-state index contributed by atoms with van der Waals surface area (Å²) < 4.78 is 5.35. The van der Waals surface area contributed by atoms with Crippen LogP contribution in [0.2, 0.25) is 0 Å². The summed E-state index contributed by atoms with van der Waals surface area (Å²) in [7, 11) is 0. The van der Waals surface area contributed by atoms with Crippen molar-refractivity contribution in [3.05, 3.63) is 36.2 Å². The second-order valence-electron chi connectivity index (χ2n) is 7.23. The fraction of sp³-hybridized carbons (Fsp3) is 0.421. The van der Waals surface area contributed by atoms with E-state index in [0.717, 1.165) is 24.0 Å². The Balaban J connectivity index is 1.51. The highest BCUT2D eigenvalue weighted by Gasteiger charge is 2.55. The van der Waals surface area contributed by atoms with Crippen molar-refractivity contribution in [2.24, 2.45) is 11.3 Å². The van der Waals surface area contributed by atoms with Gasteiger partial charge >= 0.3 is 12.0 Å². The molecule has 0 spiro atoms. The maximum Gasteiger partial charge on any atom is 0.321 e. The van der Waals surface area contributed by atoms with Crippen molar-refractivity contribution in [1.82, 2.24) is 9.88 Å². The lowest BCUT2D eigenvalue weighted by atomic mass is 9.81. The number of nitrogens with zero attached hydrogens (tertiary/aromatic N) is 2. The number of carbonyl (C=O) groups is 2. The molecule has 7 heteroatoms. The van der Waals surface area contributed by atoms with Gasteiger partial charge in [-0.1, -0.05) is 12.5 Å². The first-order valence-electron chi connectivity index (χ1n) is 8.79. The fourth-order valence-electron chi connectivity index (χ4n) is 4.28. The molecule has 26 heavy (non-hydrogen) atoms. The number of benzene rings is 1. The minimum atomic E-state index is -0.781. The quantitative estimate of drug-likeness (QED) is 0.880. The predicted octanol–water partition coefficient (Wildman–Crippen LogP) is 3.37. The van der Waals surface area contributed by atoms with Gasteiger partial charge in [0, 0.05) is 24.3 Å². The first-order chi connectivity index (χ1) is 12.5. The van der Waals surface area contributed by atoms with Crippen molar-refractivity contribution < 1.29 is 19.1 Å². The van der Waals surface area contributed by atoms with Crippen LogP contribution < -0.4 is 5.32 Å². The van der Waals surface area contributed by atoms with E-state index in [1.165, 1.54) is 6.26 Å². The topological polar surface area (TPSA) is 95.7 Å². The van der Waals surface area contributed by atoms with E-state index >= 15 is 0 Å². The number of carboxylic acids is 1. The highest BCUT2D eigenvalue weighted by Crippen LogP contribution is 2.49. The minimum Gasteiger partial charge on any atom is -0.481 e. The Morgan fingerprint density at radius 1 is 1.42 bits per heavy atom. The highest BCUT2D eigenvalue weighted by molar-refractivity contribution is 5.91. The lowest BCUT2D eigenvalue weighted by molar-refractivity contribution is -0.149. The number of oxazole rings is 1. The molecule has 136 valence electrons. The molecule has 4 rings (SSSR count). The summed E-state index contributed by atoms with van der Waals surface area (Å²) in [5.41, 5.74) is 1.67. The number of hydrogen-bond donors (Lipinski definition) is 2. The molecule has 2 aromatic rings. The highest BCUT2D eigenvalue weighted by atomic mass is 16.4. The number of likely N-dealkylation sites (tertiary alicyclic amines) is 1. The smallest absolute Gasteiger partial charge is 0.321 e. The Hall–Kier alpha value is -2.83. The van der Waals surface area contributed by atoms with E-state index in [0.29, 0.717) is 24.5 Å². The molecule has 0 bridgehead atoms. The van der Waals surface area contributed by atoms with Crippen LogP contribution in [0.15, 0.2) is 35.1 Å². The summed E-state index contributed by atoms with van der Waals surface area (Å²) in [6.07, 6.45) is 5.52. The summed E-state index contributed by atoms with van der Waals surface area (Å²) >= 11 is 0. The molecule has 0 unspecified atom stereocenters. The van der Waals surface area contributed by atoms with Gasteiger partial charge in [-0.3, -0.25) is 4.79 Å². The number of aromatic nitrogens is 1. The van der Waals surface area contributed by atoms with Crippen molar-refractivity contribution in [1.29, 1.82) is 0 Å². The van der Waals surface area contributed by atoms with E-state index < -0.39 is 11.4 Å². The van der Waals surface area contributed by atoms with Crippen molar-refractivity contribution >= 4 is 17.7 Å². The van der Waals surface area contributed by atoms with Crippen LogP contribution in [-0.2, 0) is 4.79 Å². The molecule has 2 atom stereocenters. The number of fused-ring (bicyclic) bond motifs is 1. The van der Waals surface area contributed by atoms with Gasteiger partial charge in [0.05, 0.1) is 11.6 Å². The number of aryl methyl sites for hydroxylation is 1. The third-order valence-electron chi connectivity index (χ3n) is 5.74. The van der Waals surface area contributed by atoms with Gasteiger partial charge in [0.15, 0.2) is 0 Å². The third kappa shape index (κ3) is 2.64. The molecule has 1 saturated carbocycles. The lowest BCUT2D eigenvalue weighted by Crippen LogP contribution is -2.38. The van der Waals surface area contributed by atoms with Crippen LogP contribution in [0.3, 0.4) is 0 Å². The van der Waals surface area contributed by atoms with Crippen molar-refractivity contribution in [3.63, 3.8) is 0 Å². The summed E-state index contributed by atoms with van der Waals surface area (Å²) in [4.78, 5) is 30.2. The van der Waals surface area contributed by atoms with Crippen LogP contribution >= 0.6 is 0 Å². The molecule has 2 heterocycles. The minimum absolute atomic E-state index is 0.0478. The van der Waals surface area contributed by atoms with E-state index in [2.05, 4.69) is 10.3 Å². The van der Waals surface area contributed by atoms with Crippen LogP contribution in [-0.4, -0.2) is 40.1 Å². The zero-order valence-electron chi connectivity index (χ0n) is 14.6. The van der Waals surface area contributed by atoms with Gasteiger partial charge in [0.2, 0.25) is 5.89 Å². The van der Waals surface area contributed by atoms with Crippen LogP contribution in [0.1, 0.15) is 24.8 Å². The van der Waals surface area contributed by atoms with Crippen LogP contribution in [0.4, 0.5) is 10.5 Å². The van der Waals surface area contributed by atoms with E-state index in [1.807, 2.05) is 25.1 Å². The van der Waals surface area contributed by atoms with Crippen LogP contribution in [0.5, 0.6) is 0 Å². The molecule has 7 nitrogen and oxygen atoms in total.